The molecule has 0 spiro atoms. The van der Waals surface area contributed by atoms with Gasteiger partial charge in [-0.2, -0.15) is 0 Å². The van der Waals surface area contributed by atoms with Crippen molar-refractivity contribution in [1.82, 2.24) is 0 Å². The Bertz CT molecular complexity index is 163. The lowest BCUT2D eigenvalue weighted by molar-refractivity contribution is 0.424. The Morgan fingerprint density at radius 3 is 1.64 bits per heavy atom. The minimum atomic E-state index is 0.890. The van der Waals surface area contributed by atoms with E-state index in [9.17, 15) is 0 Å². The van der Waals surface area contributed by atoms with E-state index < -0.39 is 0 Å². The molecule has 0 radical (unpaired) electrons. The first-order valence-corrected chi connectivity index (χ1v) is 6.70. The van der Waals surface area contributed by atoms with Crippen LogP contribution in [0.3, 0.4) is 0 Å². The summed E-state index contributed by atoms with van der Waals surface area (Å²) in [4.78, 5) is 0. The smallest absolute Gasteiger partial charge is 0.0688 e. The largest absolute Gasteiger partial charge is 0.149 e. The van der Waals surface area contributed by atoms with Gasteiger partial charge in [-0.15, -0.1) is 0 Å². The van der Waals surface area contributed by atoms with E-state index in [1.165, 1.54) is 38.5 Å². The van der Waals surface area contributed by atoms with Gasteiger partial charge in [0.2, 0.25) is 0 Å². The van der Waals surface area contributed by atoms with Crippen molar-refractivity contribution < 1.29 is 0 Å². The second kappa shape index (κ2) is 4.29. The van der Waals surface area contributed by atoms with Crippen molar-refractivity contribution in [2.45, 2.75) is 76.7 Å². The highest BCUT2D eigenvalue weighted by Gasteiger charge is 2.42. The van der Waals surface area contributed by atoms with Gasteiger partial charge >= 0.3 is 0 Å². The summed E-state index contributed by atoms with van der Waals surface area (Å²) >= 11 is 0. The van der Waals surface area contributed by atoms with Crippen LogP contribution in [0.2, 0.25) is 17.5 Å². The summed E-state index contributed by atoms with van der Waals surface area (Å²) in [6.07, 6.45) is 9.21. The van der Waals surface area contributed by atoms with Crippen molar-refractivity contribution in [2.24, 2.45) is 5.92 Å². The topological polar surface area (TPSA) is 0 Å². The minimum Gasteiger partial charge on any atom is -0.0688 e. The maximum atomic E-state index is 2.51. The summed E-state index contributed by atoms with van der Waals surface area (Å²) in [6.45, 7) is 8.41. The molecule has 14 heavy (non-hydrogen) atoms. The van der Waals surface area contributed by atoms with Crippen molar-refractivity contribution in [2.75, 3.05) is 0 Å². The van der Waals surface area contributed by atoms with Crippen molar-refractivity contribution in [3.63, 3.8) is 0 Å². The normalized spacial score (nSPS) is 34.7. The molecule has 0 aromatic heterocycles. The van der Waals surface area contributed by atoms with E-state index in [1.54, 1.807) is 0 Å². The van der Waals surface area contributed by atoms with Gasteiger partial charge in [-0.25, -0.2) is 0 Å². The van der Waals surface area contributed by atoms with Gasteiger partial charge in [-0.05, 0) is 0 Å². The Hall–Kier alpha value is 0.0649. The van der Waals surface area contributed by atoms with Gasteiger partial charge in [-0.3, -0.25) is 0 Å². The molecular weight excluding hydrogens is 167 g/mol. The molecule has 2 saturated heterocycles. The third kappa shape index (κ3) is 1.88. The fourth-order valence-corrected chi connectivity index (χ4v) is 4.03. The Balaban J connectivity index is 2.08. The number of rotatable bonds is 2. The molecule has 80 valence electrons. The summed E-state index contributed by atoms with van der Waals surface area (Å²) in [7, 11) is 0. The first-order chi connectivity index (χ1) is 6.70. The SMILES string of the molecule is CC(C)C(C)B1C2CCCC1CCC2. The molecule has 0 N–H and O–H groups in total. The summed E-state index contributed by atoms with van der Waals surface area (Å²) in [5, 5.41) is 0. The molecule has 2 aliphatic heterocycles. The van der Waals surface area contributed by atoms with Gasteiger partial charge in [-0.1, -0.05) is 82.7 Å². The van der Waals surface area contributed by atoms with E-state index in [0.717, 1.165) is 30.1 Å². The van der Waals surface area contributed by atoms with Crippen LogP contribution in [0.5, 0.6) is 0 Å². The molecule has 0 nitrogen and oxygen atoms in total. The van der Waals surface area contributed by atoms with Crippen molar-refractivity contribution >= 4 is 6.71 Å². The van der Waals surface area contributed by atoms with Crippen LogP contribution in [0.25, 0.3) is 0 Å². The molecule has 2 heterocycles. The van der Waals surface area contributed by atoms with E-state index in [2.05, 4.69) is 20.8 Å². The maximum Gasteiger partial charge on any atom is 0.149 e. The first-order valence-electron chi connectivity index (χ1n) is 6.70. The van der Waals surface area contributed by atoms with Gasteiger partial charge < -0.3 is 0 Å². The first kappa shape index (κ1) is 10.6. The zero-order chi connectivity index (χ0) is 10.1. The van der Waals surface area contributed by atoms with Crippen LogP contribution in [0.4, 0.5) is 0 Å². The van der Waals surface area contributed by atoms with Crippen LogP contribution in [0.15, 0.2) is 0 Å². The summed E-state index contributed by atoms with van der Waals surface area (Å²) in [5.74, 6) is 4.05. The number of hydrogen-bond acceptors (Lipinski definition) is 0. The lowest BCUT2D eigenvalue weighted by Crippen LogP contribution is -2.39. The minimum absolute atomic E-state index is 0.890. The predicted octanol–water partition coefficient (Wildman–Crippen LogP) is 4.64. The zero-order valence-corrected chi connectivity index (χ0v) is 10.1. The molecule has 2 fully saturated rings. The van der Waals surface area contributed by atoms with Crippen LogP contribution in [0, 0.1) is 5.92 Å². The van der Waals surface area contributed by atoms with Gasteiger partial charge in [0.1, 0.15) is 6.71 Å². The molecule has 0 aromatic rings. The van der Waals surface area contributed by atoms with E-state index >= 15 is 0 Å². The Morgan fingerprint density at radius 1 is 0.857 bits per heavy atom. The molecule has 0 amide bonds. The van der Waals surface area contributed by atoms with E-state index in [-0.39, 0.29) is 0 Å². The second-order valence-electron chi connectivity index (χ2n) is 6.06. The lowest BCUT2D eigenvalue weighted by atomic mass is 9.21. The van der Waals surface area contributed by atoms with Crippen molar-refractivity contribution in [1.29, 1.82) is 0 Å². The Morgan fingerprint density at radius 2 is 1.29 bits per heavy atom. The molecule has 0 saturated carbocycles. The predicted molar refractivity (Wildman–Crippen MR) is 65.2 cm³/mol. The van der Waals surface area contributed by atoms with Crippen LogP contribution in [-0.2, 0) is 0 Å². The summed E-state index contributed by atoms with van der Waals surface area (Å²) in [5.41, 5.74) is 0. The Labute approximate surface area is 89.9 Å². The molecule has 0 aliphatic carbocycles. The van der Waals surface area contributed by atoms with Crippen LogP contribution in [-0.4, -0.2) is 6.71 Å². The van der Waals surface area contributed by atoms with Crippen molar-refractivity contribution in [3.8, 4) is 0 Å². The third-order valence-corrected chi connectivity index (χ3v) is 5.05. The van der Waals surface area contributed by atoms with Gasteiger partial charge in [0, 0.05) is 0 Å². The second-order valence-corrected chi connectivity index (χ2v) is 6.06. The molecule has 2 aliphatic rings. The monoisotopic (exact) mass is 192 g/mol. The van der Waals surface area contributed by atoms with Crippen molar-refractivity contribution in [3.05, 3.63) is 0 Å². The van der Waals surface area contributed by atoms with Crippen LogP contribution < -0.4 is 0 Å². The van der Waals surface area contributed by atoms with Gasteiger partial charge in [0.05, 0.1) is 0 Å². The van der Waals surface area contributed by atoms with Gasteiger partial charge in [0.15, 0.2) is 0 Å². The standard InChI is InChI=1S/C13H25B/c1-10(2)11(3)14-12-6-4-7-13(14)9-5-8-12/h10-13H,4-9H2,1-3H3. The highest BCUT2D eigenvalue weighted by molar-refractivity contribution is 6.64. The summed E-state index contributed by atoms with van der Waals surface area (Å²) in [6, 6.07) is 0. The third-order valence-electron chi connectivity index (χ3n) is 5.05. The lowest BCUT2D eigenvalue weighted by Gasteiger charge is -2.44. The molecule has 2 rings (SSSR count). The van der Waals surface area contributed by atoms with Crippen LogP contribution >= 0.6 is 0 Å². The number of hydrogen-bond donors (Lipinski definition) is 0. The highest BCUT2D eigenvalue weighted by atomic mass is 14.3. The highest BCUT2D eigenvalue weighted by Crippen LogP contribution is 2.51. The summed E-state index contributed by atoms with van der Waals surface area (Å²) < 4.78 is 0. The fraction of sp³-hybridized carbons (Fsp3) is 1.00. The molecule has 1 heteroatoms. The maximum absolute atomic E-state index is 2.51. The molecule has 0 aromatic carbocycles. The van der Waals surface area contributed by atoms with Gasteiger partial charge in [0.25, 0.3) is 0 Å². The fourth-order valence-electron chi connectivity index (χ4n) is 4.03. The quantitative estimate of drug-likeness (QED) is 0.559. The molecule has 1 unspecified atom stereocenters. The van der Waals surface area contributed by atoms with Crippen LogP contribution in [0.1, 0.15) is 59.3 Å². The average Bonchev–Trinajstić information content (AvgIpc) is 2.15. The molecule has 2 bridgehead atoms. The molecule has 1 atom stereocenters. The van der Waals surface area contributed by atoms with E-state index in [1.807, 2.05) is 0 Å². The molecular formula is C13H25B. The number of fused-ring (bicyclic) bond motifs is 2. The average molecular weight is 192 g/mol. The van der Waals surface area contributed by atoms with E-state index in [4.69, 9.17) is 0 Å². The zero-order valence-electron chi connectivity index (χ0n) is 10.1. The Kier molecular flexibility index (Phi) is 3.24. The van der Waals surface area contributed by atoms with E-state index in [0.29, 0.717) is 0 Å².